The average Bonchev–Trinajstić information content (AvgIpc) is 3.07. The Morgan fingerprint density at radius 3 is 1.74 bits per heavy atom. The topological polar surface area (TPSA) is 12.4 Å². The zero-order valence-electron chi connectivity index (χ0n) is 24.0. The summed E-state index contributed by atoms with van der Waals surface area (Å²) < 4.78 is 2.28. The second-order valence-electron chi connectivity index (χ2n) is 10.7. The van der Waals surface area contributed by atoms with E-state index in [-0.39, 0.29) is 0 Å². The summed E-state index contributed by atoms with van der Waals surface area (Å²) >= 11 is -0.638. The van der Waals surface area contributed by atoms with Crippen molar-refractivity contribution in [1.29, 1.82) is 0 Å². The van der Waals surface area contributed by atoms with Gasteiger partial charge in [-0.25, -0.2) is 4.99 Å². The van der Waals surface area contributed by atoms with Crippen LogP contribution in [0.25, 0.3) is 47.0 Å². The molecule has 0 bridgehead atoms. The molecular formula is C41H30IN. The van der Waals surface area contributed by atoms with E-state index in [4.69, 9.17) is 4.99 Å². The Kier molecular flexibility index (Phi) is 7.53. The highest BCUT2D eigenvalue weighted by atomic mass is 127. The highest BCUT2D eigenvalue weighted by Crippen LogP contribution is 2.33. The predicted molar refractivity (Wildman–Crippen MR) is 197 cm³/mol. The lowest BCUT2D eigenvalue weighted by Crippen LogP contribution is -2.02. The van der Waals surface area contributed by atoms with E-state index in [9.17, 15) is 0 Å². The molecule has 43 heavy (non-hydrogen) atoms. The van der Waals surface area contributed by atoms with Crippen molar-refractivity contribution in [3.05, 3.63) is 175 Å². The molecule has 206 valence electrons. The van der Waals surface area contributed by atoms with E-state index in [1.165, 1.54) is 49.0 Å². The van der Waals surface area contributed by atoms with Crippen molar-refractivity contribution in [2.75, 3.05) is 0 Å². The summed E-state index contributed by atoms with van der Waals surface area (Å²) in [6, 6.07) is 54.3. The fourth-order valence-corrected chi connectivity index (χ4v) is 7.97. The number of aliphatic imine (C=N–C) groups is 1. The van der Waals surface area contributed by atoms with E-state index in [0.29, 0.717) is 0 Å². The molecule has 2 heteroatoms. The molecule has 0 amide bonds. The van der Waals surface area contributed by atoms with Crippen LogP contribution in [-0.2, 0) is 0 Å². The van der Waals surface area contributed by atoms with Crippen LogP contribution in [0.3, 0.4) is 0 Å². The van der Waals surface area contributed by atoms with Crippen molar-refractivity contribution in [3.63, 3.8) is 0 Å². The predicted octanol–water partition coefficient (Wildman–Crippen LogP) is 11.4. The van der Waals surface area contributed by atoms with Gasteiger partial charge in [0.15, 0.2) is 0 Å². The van der Waals surface area contributed by atoms with Crippen molar-refractivity contribution < 1.29 is 0 Å². The molecule has 0 aliphatic rings. The Balaban J connectivity index is 1.30. The minimum Gasteiger partial charge on any atom is -0.246 e. The largest absolute Gasteiger partial charge is 0.246 e. The third kappa shape index (κ3) is 5.71. The van der Waals surface area contributed by atoms with Gasteiger partial charge in [-0.15, -0.1) is 0 Å². The molecule has 0 spiro atoms. The van der Waals surface area contributed by atoms with E-state index < -0.39 is 20.7 Å². The first-order chi connectivity index (χ1) is 21.1. The smallest absolute Gasteiger partial charge is 0.103 e. The van der Waals surface area contributed by atoms with Gasteiger partial charge in [-0.1, -0.05) is 167 Å². The number of rotatable bonds is 6. The lowest BCUT2D eigenvalue weighted by molar-refractivity contribution is 1.56. The van der Waals surface area contributed by atoms with E-state index in [1.807, 2.05) is 0 Å². The quantitative estimate of drug-likeness (QED) is 0.124. The summed E-state index contributed by atoms with van der Waals surface area (Å²) in [5, 5.41) is 7.47. The van der Waals surface area contributed by atoms with Gasteiger partial charge < -0.3 is 0 Å². The van der Waals surface area contributed by atoms with Crippen LogP contribution >= 0.6 is 20.7 Å². The second-order valence-corrected chi connectivity index (χ2v) is 13.6. The summed E-state index contributed by atoms with van der Waals surface area (Å²) in [5.41, 5.74) is 6.96. The molecule has 0 saturated carbocycles. The number of nitrogens with zero attached hydrogens (tertiary/aromatic N) is 1. The number of hydrogen-bond acceptors (Lipinski definition) is 1. The van der Waals surface area contributed by atoms with Crippen molar-refractivity contribution >= 4 is 66.0 Å². The summed E-state index contributed by atoms with van der Waals surface area (Å²) in [5.74, 6) is 0. The standard InChI is InChI=1S/C41H30IN/c1-28(35-24-18-30-10-3-5-13-37(30)26-35)42-41(43-29(2)36-25-19-31-11-4-6-14-38(31)27-36)34-22-20-33(21-23-34)40-17-9-15-32-12-7-8-16-39(32)40/h3-27H,1H2,2H3/b43-29+. The number of hydrogen-bond donors (Lipinski definition) is 0. The summed E-state index contributed by atoms with van der Waals surface area (Å²) in [6.07, 6.45) is 0. The molecule has 0 N–H and O–H groups in total. The molecule has 1 nitrogen and oxygen atoms in total. The molecule has 0 radical (unpaired) electrons. The third-order valence-corrected chi connectivity index (χ3v) is 10.6. The van der Waals surface area contributed by atoms with E-state index in [1.54, 1.807) is 0 Å². The lowest BCUT2D eigenvalue weighted by Gasteiger charge is -2.11. The Morgan fingerprint density at radius 2 is 1.05 bits per heavy atom. The van der Waals surface area contributed by atoms with Gasteiger partial charge in [-0.2, -0.15) is 0 Å². The second kappa shape index (κ2) is 11.9. The van der Waals surface area contributed by atoms with E-state index in [0.717, 1.165) is 24.1 Å². The molecule has 0 aliphatic carbocycles. The molecule has 7 aromatic carbocycles. The first-order valence-electron chi connectivity index (χ1n) is 14.5. The van der Waals surface area contributed by atoms with Crippen molar-refractivity contribution in [2.45, 2.75) is 6.92 Å². The molecule has 0 unspecified atom stereocenters. The molecular weight excluding hydrogens is 633 g/mol. The fourth-order valence-electron chi connectivity index (χ4n) is 5.55. The van der Waals surface area contributed by atoms with Gasteiger partial charge >= 0.3 is 0 Å². The van der Waals surface area contributed by atoms with Crippen LogP contribution in [0, 0.1) is 0 Å². The number of fused-ring (bicyclic) bond motifs is 3. The first-order valence-corrected chi connectivity index (χ1v) is 16.6. The highest BCUT2D eigenvalue weighted by Gasteiger charge is 2.10. The zero-order chi connectivity index (χ0) is 29.2. The van der Waals surface area contributed by atoms with Crippen LogP contribution in [0.2, 0.25) is 0 Å². The maximum atomic E-state index is 5.33. The van der Waals surface area contributed by atoms with Gasteiger partial charge in [0.1, 0.15) is 3.63 Å². The third-order valence-electron chi connectivity index (χ3n) is 7.92. The van der Waals surface area contributed by atoms with Gasteiger partial charge in [-0.05, 0) is 73.6 Å². The Labute approximate surface area is 262 Å². The molecule has 0 heterocycles. The molecule has 0 atom stereocenters. The fraction of sp³-hybridized carbons (Fsp3) is 0.0244. The minimum atomic E-state index is -0.638. The summed E-state index contributed by atoms with van der Waals surface area (Å²) in [6.45, 7) is 6.70. The molecule has 7 aromatic rings. The summed E-state index contributed by atoms with van der Waals surface area (Å²) in [4.78, 5) is 5.33. The minimum absolute atomic E-state index is 0.638. The Hall–Kier alpha value is -4.67. The van der Waals surface area contributed by atoms with E-state index >= 15 is 0 Å². The number of benzene rings is 7. The van der Waals surface area contributed by atoms with Crippen LogP contribution in [0.1, 0.15) is 23.6 Å². The van der Waals surface area contributed by atoms with Gasteiger partial charge in [0.2, 0.25) is 0 Å². The molecule has 0 saturated heterocycles. The van der Waals surface area contributed by atoms with Crippen LogP contribution < -0.4 is 0 Å². The average molecular weight is 664 g/mol. The van der Waals surface area contributed by atoms with Crippen molar-refractivity contribution in [2.24, 2.45) is 4.99 Å². The zero-order valence-corrected chi connectivity index (χ0v) is 26.1. The van der Waals surface area contributed by atoms with Crippen molar-refractivity contribution in [1.82, 2.24) is 0 Å². The maximum Gasteiger partial charge on any atom is 0.103 e. The van der Waals surface area contributed by atoms with Crippen LogP contribution in [-0.4, -0.2) is 9.34 Å². The van der Waals surface area contributed by atoms with E-state index in [2.05, 4.69) is 165 Å². The molecule has 0 aliphatic heterocycles. The molecule has 0 fully saturated rings. The number of halogens is 1. The monoisotopic (exact) mass is 663 g/mol. The SMILES string of the molecule is C=C(/I=C(\N=C(/C)c1ccc2ccccc2c1)c1ccc(-c2cccc3ccccc23)cc1)c1ccc2ccccc2c1. The van der Waals surface area contributed by atoms with Crippen LogP contribution in [0.15, 0.2) is 163 Å². The van der Waals surface area contributed by atoms with Gasteiger partial charge in [0, 0.05) is 14.9 Å². The maximum absolute atomic E-state index is 5.33. The van der Waals surface area contributed by atoms with Gasteiger partial charge in [0.25, 0.3) is 0 Å². The normalized spacial score (nSPS) is 12.4. The Bertz CT molecular complexity index is 2200. The van der Waals surface area contributed by atoms with Crippen LogP contribution in [0.4, 0.5) is 0 Å². The summed E-state index contributed by atoms with van der Waals surface area (Å²) in [7, 11) is 0. The lowest BCUT2D eigenvalue weighted by atomic mass is 9.97. The molecule has 7 rings (SSSR count). The first kappa shape index (κ1) is 27.2. The van der Waals surface area contributed by atoms with Gasteiger partial charge in [-0.3, -0.25) is 0 Å². The van der Waals surface area contributed by atoms with Crippen LogP contribution in [0.5, 0.6) is 0 Å². The highest BCUT2D eigenvalue weighted by molar-refractivity contribution is 14.2. The van der Waals surface area contributed by atoms with Crippen molar-refractivity contribution in [3.8, 4) is 11.1 Å². The molecule has 0 aromatic heterocycles. The van der Waals surface area contributed by atoms with Gasteiger partial charge in [0.05, 0.1) is 0 Å². The Morgan fingerprint density at radius 1 is 0.512 bits per heavy atom.